The zero-order valence-corrected chi connectivity index (χ0v) is 11.8. The molecule has 2 aliphatic rings. The SMILES string of the molecule is COc1cc2c(cc1C(C)C)CC1CCC(=O)C=C21. The lowest BCUT2D eigenvalue weighted by atomic mass is 9.88. The Morgan fingerprint density at radius 2 is 2.11 bits per heavy atom. The Labute approximate surface area is 114 Å². The fraction of sp³-hybridized carbons (Fsp3) is 0.471. The number of ether oxygens (including phenoxy) is 1. The first-order chi connectivity index (χ1) is 9.10. The van der Waals surface area contributed by atoms with E-state index in [2.05, 4.69) is 26.0 Å². The van der Waals surface area contributed by atoms with Gasteiger partial charge in [0, 0.05) is 6.42 Å². The van der Waals surface area contributed by atoms with Crippen molar-refractivity contribution in [2.75, 3.05) is 7.11 Å². The molecule has 0 bridgehead atoms. The summed E-state index contributed by atoms with van der Waals surface area (Å²) in [6.45, 7) is 4.38. The Balaban J connectivity index is 2.13. The van der Waals surface area contributed by atoms with Crippen LogP contribution in [0, 0.1) is 5.92 Å². The van der Waals surface area contributed by atoms with Crippen molar-refractivity contribution < 1.29 is 9.53 Å². The van der Waals surface area contributed by atoms with Crippen molar-refractivity contribution in [3.8, 4) is 5.75 Å². The first kappa shape index (κ1) is 12.5. The van der Waals surface area contributed by atoms with Crippen molar-refractivity contribution in [3.63, 3.8) is 0 Å². The normalized spacial score (nSPS) is 21.2. The molecule has 100 valence electrons. The Morgan fingerprint density at radius 3 is 2.79 bits per heavy atom. The van der Waals surface area contributed by atoms with Crippen LogP contribution in [0.5, 0.6) is 5.75 Å². The van der Waals surface area contributed by atoms with Gasteiger partial charge in [-0.3, -0.25) is 4.79 Å². The van der Waals surface area contributed by atoms with E-state index in [9.17, 15) is 4.79 Å². The molecule has 19 heavy (non-hydrogen) atoms. The monoisotopic (exact) mass is 256 g/mol. The standard InChI is InChI=1S/C17H20O2/c1-10(2)14-7-12-6-11-4-5-13(18)8-15(11)16(12)9-17(14)19-3/h7-11H,4-6H2,1-3H3. The first-order valence-electron chi connectivity index (χ1n) is 7.05. The van der Waals surface area contributed by atoms with Gasteiger partial charge in [-0.15, -0.1) is 0 Å². The molecule has 1 unspecified atom stereocenters. The molecule has 0 amide bonds. The highest BCUT2D eigenvalue weighted by atomic mass is 16.5. The summed E-state index contributed by atoms with van der Waals surface area (Å²) in [7, 11) is 1.72. The van der Waals surface area contributed by atoms with Gasteiger partial charge < -0.3 is 4.74 Å². The highest BCUT2D eigenvalue weighted by molar-refractivity contribution is 6.00. The summed E-state index contributed by atoms with van der Waals surface area (Å²) in [6, 6.07) is 4.41. The van der Waals surface area contributed by atoms with Crippen molar-refractivity contribution >= 4 is 11.4 Å². The van der Waals surface area contributed by atoms with Crippen molar-refractivity contribution in [1.29, 1.82) is 0 Å². The van der Waals surface area contributed by atoms with Gasteiger partial charge in [-0.25, -0.2) is 0 Å². The molecular formula is C17H20O2. The van der Waals surface area contributed by atoms with Crippen LogP contribution < -0.4 is 4.74 Å². The lowest BCUT2D eigenvalue weighted by Crippen LogP contribution is -2.09. The molecule has 2 nitrogen and oxygen atoms in total. The fourth-order valence-corrected chi connectivity index (χ4v) is 3.32. The van der Waals surface area contributed by atoms with E-state index in [1.807, 2.05) is 6.08 Å². The van der Waals surface area contributed by atoms with Gasteiger partial charge in [-0.1, -0.05) is 19.9 Å². The quantitative estimate of drug-likeness (QED) is 0.805. The molecule has 3 rings (SSSR count). The molecule has 0 N–H and O–H groups in total. The summed E-state index contributed by atoms with van der Waals surface area (Å²) in [4.78, 5) is 11.6. The van der Waals surface area contributed by atoms with E-state index in [4.69, 9.17) is 4.74 Å². The number of methoxy groups -OCH3 is 1. The molecule has 0 saturated carbocycles. The number of benzene rings is 1. The molecule has 2 heteroatoms. The van der Waals surface area contributed by atoms with Crippen LogP contribution >= 0.6 is 0 Å². The van der Waals surface area contributed by atoms with Gasteiger partial charge in [0.15, 0.2) is 5.78 Å². The maximum absolute atomic E-state index is 11.6. The minimum absolute atomic E-state index is 0.269. The maximum atomic E-state index is 11.6. The van der Waals surface area contributed by atoms with E-state index < -0.39 is 0 Å². The highest BCUT2D eigenvalue weighted by Gasteiger charge is 2.31. The minimum atomic E-state index is 0.269. The van der Waals surface area contributed by atoms with E-state index in [-0.39, 0.29) is 5.78 Å². The van der Waals surface area contributed by atoms with Gasteiger partial charge in [0.2, 0.25) is 0 Å². The van der Waals surface area contributed by atoms with E-state index >= 15 is 0 Å². The van der Waals surface area contributed by atoms with Gasteiger partial charge in [0.1, 0.15) is 5.75 Å². The predicted molar refractivity (Wildman–Crippen MR) is 76.5 cm³/mol. The number of hydrogen-bond acceptors (Lipinski definition) is 2. The second-order valence-corrected chi connectivity index (χ2v) is 5.91. The van der Waals surface area contributed by atoms with E-state index in [0.717, 1.165) is 18.6 Å². The molecule has 0 radical (unpaired) electrons. The number of carbonyl (C=O) groups excluding carboxylic acids is 1. The molecule has 0 aliphatic heterocycles. The maximum Gasteiger partial charge on any atom is 0.156 e. The topological polar surface area (TPSA) is 26.3 Å². The third kappa shape index (κ3) is 1.99. The molecule has 1 aromatic carbocycles. The zero-order valence-electron chi connectivity index (χ0n) is 11.8. The largest absolute Gasteiger partial charge is 0.496 e. The molecule has 0 saturated heterocycles. The van der Waals surface area contributed by atoms with Crippen molar-refractivity contribution in [3.05, 3.63) is 34.9 Å². The smallest absolute Gasteiger partial charge is 0.156 e. The zero-order chi connectivity index (χ0) is 13.6. The molecule has 0 aromatic heterocycles. The van der Waals surface area contributed by atoms with E-state index in [0.29, 0.717) is 18.3 Å². The van der Waals surface area contributed by atoms with E-state index in [1.165, 1.54) is 22.3 Å². The average molecular weight is 256 g/mol. The first-order valence-corrected chi connectivity index (χ1v) is 7.05. The van der Waals surface area contributed by atoms with Crippen LogP contribution in [-0.4, -0.2) is 12.9 Å². The van der Waals surface area contributed by atoms with Gasteiger partial charge in [-0.2, -0.15) is 0 Å². The van der Waals surface area contributed by atoms with Crippen LogP contribution in [0.4, 0.5) is 0 Å². The number of hydrogen-bond donors (Lipinski definition) is 0. The molecular weight excluding hydrogens is 236 g/mol. The number of fused-ring (bicyclic) bond motifs is 3. The van der Waals surface area contributed by atoms with Crippen LogP contribution in [0.2, 0.25) is 0 Å². The second kappa shape index (κ2) is 4.52. The van der Waals surface area contributed by atoms with Gasteiger partial charge in [-0.05, 0) is 59.1 Å². The average Bonchev–Trinajstić information content (AvgIpc) is 2.74. The van der Waals surface area contributed by atoms with Crippen LogP contribution in [0.25, 0.3) is 5.57 Å². The number of ketones is 1. The third-order valence-corrected chi connectivity index (χ3v) is 4.35. The summed E-state index contributed by atoms with van der Waals surface area (Å²) in [5, 5.41) is 0. The molecule has 2 aliphatic carbocycles. The van der Waals surface area contributed by atoms with E-state index in [1.54, 1.807) is 7.11 Å². The van der Waals surface area contributed by atoms with Crippen LogP contribution in [0.1, 0.15) is 49.3 Å². The van der Waals surface area contributed by atoms with Gasteiger partial charge in [0.25, 0.3) is 0 Å². The number of carbonyl (C=O) groups is 1. The Morgan fingerprint density at radius 1 is 1.32 bits per heavy atom. The van der Waals surface area contributed by atoms with Gasteiger partial charge in [0.05, 0.1) is 7.11 Å². The highest BCUT2D eigenvalue weighted by Crippen LogP contribution is 2.45. The minimum Gasteiger partial charge on any atom is -0.496 e. The van der Waals surface area contributed by atoms with Gasteiger partial charge >= 0.3 is 0 Å². The fourth-order valence-electron chi connectivity index (χ4n) is 3.32. The van der Waals surface area contributed by atoms with Crippen LogP contribution in [0.15, 0.2) is 18.2 Å². The van der Waals surface area contributed by atoms with Crippen molar-refractivity contribution in [2.24, 2.45) is 5.92 Å². The summed E-state index contributed by atoms with van der Waals surface area (Å²) in [5.74, 6) is 2.22. The van der Waals surface area contributed by atoms with Crippen LogP contribution in [0.3, 0.4) is 0 Å². The Kier molecular flexibility index (Phi) is 2.96. The number of rotatable bonds is 2. The Hall–Kier alpha value is -1.57. The molecule has 1 atom stereocenters. The third-order valence-electron chi connectivity index (χ3n) is 4.35. The molecule has 0 heterocycles. The summed E-state index contributed by atoms with van der Waals surface area (Å²) in [6.07, 6.45) is 4.64. The Bertz CT molecular complexity index is 567. The van der Waals surface area contributed by atoms with Crippen molar-refractivity contribution in [2.45, 2.75) is 39.0 Å². The van der Waals surface area contributed by atoms with Crippen LogP contribution in [-0.2, 0) is 11.2 Å². The second-order valence-electron chi connectivity index (χ2n) is 5.91. The number of allylic oxidation sites excluding steroid dienone is 2. The summed E-state index contributed by atoms with van der Waals surface area (Å²) < 4.78 is 5.53. The molecule has 1 aromatic rings. The summed E-state index contributed by atoms with van der Waals surface area (Å²) in [5.41, 5.74) is 5.13. The lowest BCUT2D eigenvalue weighted by Gasteiger charge is -2.17. The molecule has 0 spiro atoms. The predicted octanol–water partition coefficient (Wildman–Crippen LogP) is 3.74. The van der Waals surface area contributed by atoms with Crippen molar-refractivity contribution in [1.82, 2.24) is 0 Å². The molecule has 0 fully saturated rings. The summed E-state index contributed by atoms with van der Waals surface area (Å²) >= 11 is 0. The lowest BCUT2D eigenvalue weighted by molar-refractivity contribution is -0.115.